The van der Waals surface area contributed by atoms with Crippen molar-refractivity contribution in [2.45, 2.75) is 19.6 Å². The summed E-state index contributed by atoms with van der Waals surface area (Å²) in [4.78, 5) is 12.8. The van der Waals surface area contributed by atoms with Gasteiger partial charge in [0.2, 0.25) is 0 Å². The van der Waals surface area contributed by atoms with Gasteiger partial charge in [-0.05, 0) is 25.1 Å². The molecule has 1 aromatic rings. The summed E-state index contributed by atoms with van der Waals surface area (Å²) in [7, 11) is 1.50. The molecular formula is C12H16F2N2O2. The third-order valence-electron chi connectivity index (χ3n) is 2.32. The summed E-state index contributed by atoms with van der Waals surface area (Å²) in [5.41, 5.74) is 0.0776. The molecule has 100 valence electrons. The maximum atomic E-state index is 13.3. The zero-order valence-electron chi connectivity index (χ0n) is 10.3. The van der Waals surface area contributed by atoms with Crippen molar-refractivity contribution < 1.29 is 18.7 Å². The number of hydrogen-bond acceptors (Lipinski definition) is 2. The first-order chi connectivity index (χ1) is 8.40. The van der Waals surface area contributed by atoms with Crippen LogP contribution in [0.3, 0.4) is 0 Å². The highest BCUT2D eigenvalue weighted by atomic mass is 19.1. The Morgan fingerprint density at radius 3 is 2.78 bits per heavy atom. The van der Waals surface area contributed by atoms with Crippen molar-refractivity contribution >= 4 is 6.03 Å². The molecule has 1 unspecified atom stereocenters. The molecule has 1 rings (SSSR count). The van der Waals surface area contributed by atoms with E-state index in [-0.39, 0.29) is 18.7 Å². The van der Waals surface area contributed by atoms with Crippen molar-refractivity contribution in [3.63, 3.8) is 0 Å². The Hall–Kier alpha value is -1.69. The van der Waals surface area contributed by atoms with Crippen LogP contribution in [0.25, 0.3) is 0 Å². The van der Waals surface area contributed by atoms with Gasteiger partial charge in [0.15, 0.2) is 0 Å². The summed E-state index contributed by atoms with van der Waals surface area (Å²) in [5, 5.41) is 11.5. The molecule has 2 amide bonds. The number of benzene rings is 1. The Morgan fingerprint density at radius 1 is 1.50 bits per heavy atom. The summed E-state index contributed by atoms with van der Waals surface area (Å²) in [6, 6.07) is 2.60. The quantitative estimate of drug-likeness (QED) is 0.859. The fraction of sp³-hybridized carbons (Fsp3) is 0.417. The minimum absolute atomic E-state index is 0.0776. The zero-order chi connectivity index (χ0) is 13.7. The minimum atomic E-state index is -0.647. The van der Waals surface area contributed by atoms with Gasteiger partial charge in [0.05, 0.1) is 6.10 Å². The molecule has 0 saturated heterocycles. The second kappa shape index (κ2) is 6.30. The number of nitrogens with zero attached hydrogens (tertiary/aromatic N) is 1. The van der Waals surface area contributed by atoms with Gasteiger partial charge < -0.3 is 15.3 Å². The molecule has 0 radical (unpaired) electrons. The molecule has 4 nitrogen and oxygen atoms in total. The first kappa shape index (κ1) is 14.4. The maximum absolute atomic E-state index is 13.3. The number of carbonyl (C=O) groups excluding carboxylic acids is 1. The summed E-state index contributed by atoms with van der Waals surface area (Å²) >= 11 is 0. The molecule has 1 atom stereocenters. The number of rotatable bonds is 4. The van der Waals surface area contributed by atoms with Crippen LogP contribution in [0.5, 0.6) is 0 Å². The Balaban J connectivity index is 2.54. The van der Waals surface area contributed by atoms with Gasteiger partial charge >= 0.3 is 6.03 Å². The van der Waals surface area contributed by atoms with E-state index in [9.17, 15) is 13.6 Å². The van der Waals surface area contributed by atoms with Crippen LogP contribution in [-0.4, -0.2) is 35.7 Å². The third kappa shape index (κ3) is 4.29. The first-order valence-electron chi connectivity index (χ1n) is 5.51. The highest BCUT2D eigenvalue weighted by molar-refractivity contribution is 5.73. The average molecular weight is 258 g/mol. The van der Waals surface area contributed by atoms with Crippen LogP contribution in [0.4, 0.5) is 13.6 Å². The second-order valence-electron chi connectivity index (χ2n) is 4.12. The number of hydrogen-bond donors (Lipinski definition) is 2. The fourth-order valence-corrected chi connectivity index (χ4v) is 1.46. The average Bonchev–Trinajstić information content (AvgIpc) is 2.29. The molecule has 0 aliphatic heterocycles. The van der Waals surface area contributed by atoms with E-state index in [0.717, 1.165) is 18.2 Å². The third-order valence-corrected chi connectivity index (χ3v) is 2.32. The summed E-state index contributed by atoms with van der Waals surface area (Å²) in [6.45, 7) is 1.61. The van der Waals surface area contributed by atoms with Crippen LogP contribution in [0.1, 0.15) is 12.5 Å². The van der Waals surface area contributed by atoms with Crippen molar-refractivity contribution in [1.29, 1.82) is 0 Å². The van der Waals surface area contributed by atoms with Crippen molar-refractivity contribution in [1.82, 2.24) is 10.2 Å². The van der Waals surface area contributed by atoms with E-state index in [1.807, 2.05) is 0 Å². The fourth-order valence-electron chi connectivity index (χ4n) is 1.46. The van der Waals surface area contributed by atoms with Crippen LogP contribution in [-0.2, 0) is 6.54 Å². The number of nitrogens with one attached hydrogen (secondary N) is 1. The van der Waals surface area contributed by atoms with Crippen molar-refractivity contribution in [2.24, 2.45) is 0 Å². The van der Waals surface area contributed by atoms with Crippen LogP contribution < -0.4 is 5.32 Å². The van der Waals surface area contributed by atoms with Gasteiger partial charge in [0.25, 0.3) is 0 Å². The molecule has 0 aliphatic carbocycles. The normalized spacial score (nSPS) is 12.1. The van der Waals surface area contributed by atoms with E-state index in [0.29, 0.717) is 0 Å². The monoisotopic (exact) mass is 258 g/mol. The lowest BCUT2D eigenvalue weighted by Crippen LogP contribution is -2.40. The Bertz CT molecular complexity index is 425. The lowest BCUT2D eigenvalue weighted by molar-refractivity contribution is 0.143. The molecule has 2 N–H and O–H groups in total. The van der Waals surface area contributed by atoms with E-state index in [1.54, 1.807) is 6.92 Å². The Morgan fingerprint density at radius 2 is 2.17 bits per heavy atom. The molecule has 1 aromatic carbocycles. The highest BCUT2D eigenvalue weighted by Crippen LogP contribution is 2.09. The van der Waals surface area contributed by atoms with Crippen molar-refractivity contribution in [2.75, 3.05) is 13.6 Å². The van der Waals surface area contributed by atoms with Gasteiger partial charge in [-0.15, -0.1) is 0 Å². The Labute approximate surface area is 104 Å². The molecule has 0 spiro atoms. The minimum Gasteiger partial charge on any atom is -0.392 e. The number of urea groups is 1. The zero-order valence-corrected chi connectivity index (χ0v) is 10.3. The second-order valence-corrected chi connectivity index (χ2v) is 4.12. The van der Waals surface area contributed by atoms with E-state index < -0.39 is 23.8 Å². The summed E-state index contributed by atoms with van der Waals surface area (Å²) in [5.74, 6) is -1.13. The summed E-state index contributed by atoms with van der Waals surface area (Å²) in [6.07, 6.45) is -0.647. The van der Waals surface area contributed by atoms with Crippen LogP contribution >= 0.6 is 0 Å². The van der Waals surface area contributed by atoms with Gasteiger partial charge in [0, 0.05) is 25.7 Å². The molecule has 6 heteroatoms. The maximum Gasteiger partial charge on any atom is 0.317 e. The van der Waals surface area contributed by atoms with Gasteiger partial charge in [-0.1, -0.05) is 0 Å². The van der Waals surface area contributed by atoms with Gasteiger partial charge in [-0.2, -0.15) is 0 Å². The smallest absolute Gasteiger partial charge is 0.317 e. The van der Waals surface area contributed by atoms with Crippen molar-refractivity contribution in [3.05, 3.63) is 35.4 Å². The number of aliphatic hydroxyl groups is 1. The van der Waals surface area contributed by atoms with Gasteiger partial charge in [-0.3, -0.25) is 0 Å². The molecule has 0 aromatic heterocycles. The van der Waals surface area contributed by atoms with Crippen LogP contribution in [0.15, 0.2) is 18.2 Å². The predicted molar refractivity (Wildman–Crippen MR) is 62.9 cm³/mol. The first-order valence-corrected chi connectivity index (χ1v) is 5.51. The van der Waals surface area contributed by atoms with Gasteiger partial charge in [0.1, 0.15) is 11.6 Å². The van der Waals surface area contributed by atoms with Crippen LogP contribution in [0.2, 0.25) is 0 Å². The number of likely N-dealkylation sites (N-methyl/N-ethyl adjacent to an activating group) is 1. The molecule has 0 fully saturated rings. The summed E-state index contributed by atoms with van der Waals surface area (Å²) < 4.78 is 26.1. The van der Waals surface area contributed by atoms with E-state index in [2.05, 4.69) is 5.32 Å². The number of halogens is 2. The highest BCUT2D eigenvalue weighted by Gasteiger charge is 2.11. The van der Waals surface area contributed by atoms with Crippen LogP contribution in [0, 0.1) is 11.6 Å². The number of carbonyl (C=O) groups is 1. The van der Waals surface area contributed by atoms with Gasteiger partial charge in [-0.25, -0.2) is 13.6 Å². The predicted octanol–water partition coefficient (Wildman–Crippen LogP) is 1.49. The lowest BCUT2D eigenvalue weighted by Gasteiger charge is -2.19. The molecular weight excluding hydrogens is 242 g/mol. The SMILES string of the molecule is CC(O)CN(C)C(=O)NCc1cc(F)ccc1F. The number of amides is 2. The van der Waals surface area contributed by atoms with E-state index in [1.165, 1.54) is 11.9 Å². The number of aliphatic hydroxyl groups excluding tert-OH is 1. The largest absolute Gasteiger partial charge is 0.392 e. The lowest BCUT2D eigenvalue weighted by atomic mass is 10.2. The van der Waals surface area contributed by atoms with E-state index >= 15 is 0 Å². The standard InChI is InChI=1S/C12H16F2N2O2/c1-8(17)7-16(2)12(18)15-6-9-5-10(13)3-4-11(9)14/h3-5,8,17H,6-7H2,1-2H3,(H,15,18). The topological polar surface area (TPSA) is 52.6 Å². The van der Waals surface area contributed by atoms with E-state index in [4.69, 9.17) is 5.11 Å². The molecule has 0 heterocycles. The molecule has 18 heavy (non-hydrogen) atoms. The van der Waals surface area contributed by atoms with Crippen molar-refractivity contribution in [3.8, 4) is 0 Å². The molecule has 0 aliphatic rings. The molecule has 0 saturated carbocycles. The molecule has 0 bridgehead atoms. The Kier molecular flexibility index (Phi) is 5.03.